The molecule has 0 spiro atoms. The Morgan fingerprint density at radius 1 is 1.47 bits per heavy atom. The van der Waals surface area contributed by atoms with Crippen molar-refractivity contribution in [2.45, 2.75) is 25.8 Å². The highest BCUT2D eigenvalue weighted by atomic mass is 16.6. The van der Waals surface area contributed by atoms with Gasteiger partial charge in [0.1, 0.15) is 6.04 Å². The molecule has 6 nitrogen and oxygen atoms in total. The number of carbonyl (C=O) groups excluding carboxylic acids is 2. The van der Waals surface area contributed by atoms with Gasteiger partial charge in [0.15, 0.2) is 0 Å². The molecule has 0 aromatic carbocycles. The molecule has 0 fully saturated rings. The maximum atomic E-state index is 11.1. The van der Waals surface area contributed by atoms with Crippen LogP contribution in [0.2, 0.25) is 0 Å². The highest BCUT2D eigenvalue weighted by molar-refractivity contribution is 5.96. The van der Waals surface area contributed by atoms with Gasteiger partial charge in [-0.2, -0.15) is 0 Å². The van der Waals surface area contributed by atoms with Crippen molar-refractivity contribution in [3.63, 3.8) is 0 Å². The summed E-state index contributed by atoms with van der Waals surface area (Å²) < 4.78 is 4.31. The van der Waals surface area contributed by atoms with E-state index in [0.29, 0.717) is 0 Å². The van der Waals surface area contributed by atoms with E-state index in [2.05, 4.69) is 11.3 Å². The lowest BCUT2D eigenvalue weighted by molar-refractivity contribution is -0.158. The van der Waals surface area contributed by atoms with E-state index in [1.54, 1.807) is 0 Å². The summed E-state index contributed by atoms with van der Waals surface area (Å²) in [7, 11) is 0. The Balaban J connectivity index is 4.04. The summed E-state index contributed by atoms with van der Waals surface area (Å²) in [6, 6.07) is -1.11. The van der Waals surface area contributed by atoms with Gasteiger partial charge in [0.2, 0.25) is 0 Å². The van der Waals surface area contributed by atoms with E-state index in [-0.39, 0.29) is 18.4 Å². The summed E-state index contributed by atoms with van der Waals surface area (Å²) in [6.45, 7) is 4.67. The minimum absolute atomic E-state index is 0.0718. The predicted octanol–water partition coefficient (Wildman–Crippen LogP) is -0.176. The molecule has 0 radical (unpaired) electrons. The van der Waals surface area contributed by atoms with Crippen molar-refractivity contribution in [3.05, 3.63) is 12.2 Å². The third-order valence-electron chi connectivity index (χ3n) is 1.51. The SMILES string of the molecule is C=C(C)C(=O)OC(=O)C(N)CCC(=O)O. The molecule has 1 unspecified atom stereocenters. The van der Waals surface area contributed by atoms with Gasteiger partial charge in [0.05, 0.1) is 0 Å². The van der Waals surface area contributed by atoms with Crippen LogP contribution in [0.5, 0.6) is 0 Å². The van der Waals surface area contributed by atoms with Gasteiger partial charge in [-0.05, 0) is 13.3 Å². The first-order valence-corrected chi connectivity index (χ1v) is 4.23. The third-order valence-corrected chi connectivity index (χ3v) is 1.51. The number of hydrogen-bond acceptors (Lipinski definition) is 5. The first kappa shape index (κ1) is 13.3. The van der Waals surface area contributed by atoms with Crippen molar-refractivity contribution in [2.24, 2.45) is 5.73 Å². The Bertz CT molecular complexity index is 297. The van der Waals surface area contributed by atoms with Gasteiger partial charge in [-0.25, -0.2) is 9.59 Å². The minimum Gasteiger partial charge on any atom is -0.481 e. The van der Waals surface area contributed by atoms with Crippen LogP contribution < -0.4 is 5.73 Å². The van der Waals surface area contributed by atoms with E-state index in [1.165, 1.54) is 6.92 Å². The number of rotatable bonds is 5. The molecule has 0 aromatic heterocycles. The lowest BCUT2D eigenvalue weighted by Crippen LogP contribution is -2.34. The van der Waals surface area contributed by atoms with E-state index >= 15 is 0 Å². The molecular formula is C9H13NO5. The van der Waals surface area contributed by atoms with E-state index in [0.717, 1.165) is 0 Å². The Morgan fingerprint density at radius 3 is 2.40 bits per heavy atom. The standard InChI is InChI=1S/C9H13NO5/c1-5(2)8(13)15-9(14)6(10)3-4-7(11)12/h6H,1,3-4,10H2,2H3,(H,11,12). The zero-order valence-electron chi connectivity index (χ0n) is 8.36. The Labute approximate surface area is 86.7 Å². The molecule has 0 aliphatic heterocycles. The normalized spacial score (nSPS) is 11.6. The molecule has 1 atom stereocenters. The number of carboxylic acids is 1. The summed E-state index contributed by atoms with van der Waals surface area (Å²) in [6.07, 6.45) is -0.324. The van der Waals surface area contributed by atoms with Crippen LogP contribution in [0.25, 0.3) is 0 Å². The molecule has 3 N–H and O–H groups in total. The lowest BCUT2D eigenvalue weighted by Gasteiger charge is -2.08. The topological polar surface area (TPSA) is 107 Å². The summed E-state index contributed by atoms with van der Waals surface area (Å²) in [5.74, 6) is -2.86. The van der Waals surface area contributed by atoms with Gasteiger partial charge in [-0.15, -0.1) is 0 Å². The van der Waals surface area contributed by atoms with Gasteiger partial charge in [-0.1, -0.05) is 6.58 Å². The fourth-order valence-corrected chi connectivity index (χ4v) is 0.651. The van der Waals surface area contributed by atoms with E-state index in [9.17, 15) is 14.4 Å². The van der Waals surface area contributed by atoms with Crippen LogP contribution in [-0.4, -0.2) is 29.1 Å². The molecule has 0 heterocycles. The van der Waals surface area contributed by atoms with Gasteiger partial charge >= 0.3 is 17.9 Å². The number of aliphatic carboxylic acids is 1. The van der Waals surface area contributed by atoms with Crippen LogP contribution in [0.3, 0.4) is 0 Å². The van der Waals surface area contributed by atoms with Crippen molar-refractivity contribution >= 4 is 17.9 Å². The van der Waals surface area contributed by atoms with Gasteiger partial charge in [-0.3, -0.25) is 4.79 Å². The Kier molecular flexibility index (Phi) is 5.25. The predicted molar refractivity (Wildman–Crippen MR) is 50.8 cm³/mol. The second-order valence-corrected chi connectivity index (χ2v) is 3.03. The number of hydrogen-bond donors (Lipinski definition) is 2. The van der Waals surface area contributed by atoms with Crippen molar-refractivity contribution in [3.8, 4) is 0 Å². The molecule has 0 saturated carbocycles. The van der Waals surface area contributed by atoms with Crippen LogP contribution in [0.1, 0.15) is 19.8 Å². The summed E-state index contributed by atoms with van der Waals surface area (Å²) in [4.78, 5) is 32.1. The molecule has 84 valence electrons. The molecule has 0 aliphatic carbocycles. The molecule has 0 aromatic rings. The van der Waals surface area contributed by atoms with Gasteiger partial charge in [0, 0.05) is 12.0 Å². The molecule has 0 aliphatic rings. The molecule has 0 saturated heterocycles. The molecule has 15 heavy (non-hydrogen) atoms. The first-order chi connectivity index (χ1) is 6.84. The quantitative estimate of drug-likeness (QED) is 0.374. The zero-order valence-corrected chi connectivity index (χ0v) is 8.36. The number of carboxylic acid groups (broad SMARTS) is 1. The molecule has 6 heteroatoms. The summed E-state index contributed by atoms with van der Waals surface area (Å²) >= 11 is 0. The van der Waals surface area contributed by atoms with Crippen LogP contribution in [0.15, 0.2) is 12.2 Å². The van der Waals surface area contributed by atoms with Crippen LogP contribution >= 0.6 is 0 Å². The van der Waals surface area contributed by atoms with Gasteiger partial charge in [0.25, 0.3) is 0 Å². The molecule has 0 amide bonds. The summed E-state index contributed by atoms with van der Waals surface area (Å²) in [5.41, 5.74) is 5.37. The van der Waals surface area contributed by atoms with Crippen LogP contribution in [0, 0.1) is 0 Å². The summed E-state index contributed by atoms with van der Waals surface area (Å²) in [5, 5.41) is 8.33. The average Bonchev–Trinajstić information content (AvgIpc) is 2.13. The lowest BCUT2D eigenvalue weighted by atomic mass is 10.2. The fraction of sp³-hybridized carbons (Fsp3) is 0.444. The largest absolute Gasteiger partial charge is 0.481 e. The van der Waals surface area contributed by atoms with Gasteiger partial charge < -0.3 is 15.6 Å². The smallest absolute Gasteiger partial charge is 0.340 e. The number of ether oxygens (including phenoxy) is 1. The molecule has 0 rings (SSSR count). The van der Waals surface area contributed by atoms with Crippen molar-refractivity contribution < 1.29 is 24.2 Å². The fourth-order valence-electron chi connectivity index (χ4n) is 0.651. The molecule has 0 bridgehead atoms. The van der Waals surface area contributed by atoms with E-state index in [4.69, 9.17) is 10.8 Å². The van der Waals surface area contributed by atoms with E-state index in [1.807, 2.05) is 0 Å². The van der Waals surface area contributed by atoms with Crippen molar-refractivity contribution in [1.82, 2.24) is 0 Å². The van der Waals surface area contributed by atoms with Crippen molar-refractivity contribution in [1.29, 1.82) is 0 Å². The first-order valence-electron chi connectivity index (χ1n) is 4.23. The van der Waals surface area contributed by atoms with Crippen LogP contribution in [0.4, 0.5) is 0 Å². The second kappa shape index (κ2) is 5.92. The van der Waals surface area contributed by atoms with E-state index < -0.39 is 23.9 Å². The van der Waals surface area contributed by atoms with Crippen LogP contribution in [-0.2, 0) is 19.1 Å². The maximum Gasteiger partial charge on any atom is 0.340 e. The highest BCUT2D eigenvalue weighted by Crippen LogP contribution is 2.00. The van der Waals surface area contributed by atoms with Crippen molar-refractivity contribution in [2.75, 3.05) is 0 Å². The maximum absolute atomic E-state index is 11.1. The Hall–Kier alpha value is -1.69. The second-order valence-electron chi connectivity index (χ2n) is 3.03. The minimum atomic E-state index is -1.11. The number of carbonyl (C=O) groups is 3. The third kappa shape index (κ3) is 5.58. The highest BCUT2D eigenvalue weighted by Gasteiger charge is 2.19. The zero-order chi connectivity index (χ0) is 12.0. The monoisotopic (exact) mass is 215 g/mol. The average molecular weight is 215 g/mol. The number of esters is 2. The number of nitrogens with two attached hydrogens (primary N) is 1. The Morgan fingerprint density at radius 2 is 2.00 bits per heavy atom. The molecular weight excluding hydrogens is 202 g/mol.